The predicted molar refractivity (Wildman–Crippen MR) is 104 cm³/mol. The normalized spacial score (nSPS) is 22.7. The first-order valence-electron chi connectivity index (χ1n) is 9.60. The number of anilines is 1. The Labute approximate surface area is 160 Å². The molecule has 1 aromatic carbocycles. The van der Waals surface area contributed by atoms with Crippen molar-refractivity contribution in [1.82, 2.24) is 9.88 Å². The Bertz CT molecular complexity index is 843. The van der Waals surface area contributed by atoms with Gasteiger partial charge in [-0.2, -0.15) is 5.26 Å². The van der Waals surface area contributed by atoms with Gasteiger partial charge in [0.25, 0.3) is 0 Å². The van der Waals surface area contributed by atoms with E-state index in [1.165, 1.54) is 5.56 Å². The van der Waals surface area contributed by atoms with Gasteiger partial charge < -0.3 is 9.80 Å². The lowest BCUT2D eigenvalue weighted by Crippen LogP contribution is -2.54. The van der Waals surface area contributed by atoms with Gasteiger partial charge in [-0.15, -0.1) is 0 Å². The van der Waals surface area contributed by atoms with Crippen molar-refractivity contribution >= 4 is 11.7 Å². The maximum atomic E-state index is 12.5. The number of rotatable bonds is 3. The van der Waals surface area contributed by atoms with Crippen LogP contribution in [0.2, 0.25) is 0 Å². The van der Waals surface area contributed by atoms with Gasteiger partial charge in [0, 0.05) is 44.2 Å². The number of likely N-dealkylation sites (tertiary alicyclic amines) is 1. The van der Waals surface area contributed by atoms with Crippen molar-refractivity contribution in [2.24, 2.45) is 5.41 Å². The van der Waals surface area contributed by atoms with Crippen LogP contribution in [-0.2, 0) is 11.3 Å². The monoisotopic (exact) mass is 360 g/mol. The van der Waals surface area contributed by atoms with Crippen LogP contribution in [0.15, 0.2) is 48.7 Å². The van der Waals surface area contributed by atoms with Crippen molar-refractivity contribution < 1.29 is 4.79 Å². The van der Waals surface area contributed by atoms with E-state index in [0.29, 0.717) is 18.5 Å². The van der Waals surface area contributed by atoms with Crippen molar-refractivity contribution in [2.75, 3.05) is 24.5 Å². The zero-order chi connectivity index (χ0) is 18.7. The Kier molecular flexibility index (Phi) is 4.81. The van der Waals surface area contributed by atoms with Crippen molar-refractivity contribution in [1.29, 1.82) is 5.26 Å². The van der Waals surface area contributed by atoms with E-state index in [1.807, 2.05) is 35.2 Å². The number of carbonyl (C=O) groups is 1. The molecule has 0 N–H and O–H groups in total. The highest BCUT2D eigenvalue weighted by atomic mass is 16.2. The van der Waals surface area contributed by atoms with Crippen LogP contribution >= 0.6 is 0 Å². The van der Waals surface area contributed by atoms with E-state index in [4.69, 9.17) is 5.26 Å². The molecule has 0 radical (unpaired) electrons. The summed E-state index contributed by atoms with van der Waals surface area (Å²) in [6.45, 7) is 3.40. The van der Waals surface area contributed by atoms with Crippen molar-refractivity contribution in [3.8, 4) is 6.07 Å². The van der Waals surface area contributed by atoms with E-state index in [-0.39, 0.29) is 11.3 Å². The molecule has 27 heavy (non-hydrogen) atoms. The Morgan fingerprint density at radius 3 is 2.70 bits per heavy atom. The zero-order valence-corrected chi connectivity index (χ0v) is 15.5. The Balaban J connectivity index is 1.49. The molecule has 3 heterocycles. The van der Waals surface area contributed by atoms with Gasteiger partial charge in [-0.1, -0.05) is 30.3 Å². The van der Waals surface area contributed by atoms with Gasteiger partial charge in [-0.25, -0.2) is 4.98 Å². The molecule has 0 aliphatic carbocycles. The largest absolute Gasteiger partial charge is 0.356 e. The molecule has 1 aromatic heterocycles. The number of piperidine rings is 2. The van der Waals surface area contributed by atoms with Crippen molar-refractivity contribution in [3.05, 3.63) is 59.8 Å². The van der Waals surface area contributed by atoms with Gasteiger partial charge in [0.2, 0.25) is 5.91 Å². The first-order valence-corrected chi connectivity index (χ1v) is 9.60. The van der Waals surface area contributed by atoms with Gasteiger partial charge in [0.05, 0.1) is 5.56 Å². The molecule has 5 nitrogen and oxygen atoms in total. The molecule has 5 heteroatoms. The lowest BCUT2D eigenvalue weighted by Gasteiger charge is -2.48. The molecule has 2 saturated heterocycles. The second kappa shape index (κ2) is 7.40. The molecule has 2 aliphatic rings. The van der Waals surface area contributed by atoms with Gasteiger partial charge >= 0.3 is 0 Å². The molecule has 1 spiro atoms. The quantitative estimate of drug-likeness (QED) is 0.842. The molecule has 2 aliphatic heterocycles. The number of nitriles is 1. The highest BCUT2D eigenvalue weighted by Crippen LogP contribution is 2.40. The van der Waals surface area contributed by atoms with E-state index in [2.05, 4.69) is 28.1 Å². The summed E-state index contributed by atoms with van der Waals surface area (Å²) in [5.74, 6) is 1.19. The van der Waals surface area contributed by atoms with Crippen LogP contribution < -0.4 is 4.90 Å². The van der Waals surface area contributed by atoms with Crippen LogP contribution in [0.5, 0.6) is 0 Å². The van der Waals surface area contributed by atoms with Crippen molar-refractivity contribution in [3.63, 3.8) is 0 Å². The zero-order valence-electron chi connectivity index (χ0n) is 15.5. The maximum Gasteiger partial charge on any atom is 0.222 e. The number of pyridine rings is 1. The Hall–Kier alpha value is -2.87. The van der Waals surface area contributed by atoms with Gasteiger partial charge in [-0.3, -0.25) is 4.79 Å². The summed E-state index contributed by atoms with van der Waals surface area (Å²) in [5, 5.41) is 8.97. The molecule has 1 atom stereocenters. The first-order chi connectivity index (χ1) is 13.2. The van der Waals surface area contributed by atoms with Gasteiger partial charge in [-0.05, 0) is 37.0 Å². The topological polar surface area (TPSA) is 60.2 Å². The highest BCUT2D eigenvalue weighted by molar-refractivity contribution is 5.77. The molecular weight excluding hydrogens is 336 g/mol. The highest BCUT2D eigenvalue weighted by Gasteiger charge is 2.41. The summed E-state index contributed by atoms with van der Waals surface area (Å²) in [6.07, 6.45) is 5.47. The average Bonchev–Trinajstić information content (AvgIpc) is 2.72. The predicted octanol–water partition coefficient (Wildman–Crippen LogP) is 3.36. The third-order valence-electron chi connectivity index (χ3n) is 5.83. The number of nitrogens with zero attached hydrogens (tertiary/aromatic N) is 4. The minimum absolute atomic E-state index is 0.135. The van der Waals surface area contributed by atoms with E-state index in [1.54, 1.807) is 6.20 Å². The first kappa shape index (κ1) is 17.5. The third kappa shape index (κ3) is 3.80. The van der Waals surface area contributed by atoms with Crippen molar-refractivity contribution in [2.45, 2.75) is 32.2 Å². The van der Waals surface area contributed by atoms with E-state index in [0.717, 1.165) is 44.7 Å². The number of hydrogen-bond donors (Lipinski definition) is 0. The standard InChI is InChI=1S/C22H24N4O/c23-13-19-7-8-20(24-14-19)25-12-4-10-22(16-25)11-9-21(27)26(17-22)15-18-5-2-1-3-6-18/h1-3,5-8,14H,4,9-12,15-17H2. The summed E-state index contributed by atoms with van der Waals surface area (Å²) in [5.41, 5.74) is 1.91. The second-order valence-corrected chi connectivity index (χ2v) is 7.78. The number of hydrogen-bond acceptors (Lipinski definition) is 4. The molecule has 0 bridgehead atoms. The van der Waals surface area contributed by atoms with Crippen LogP contribution in [0.25, 0.3) is 0 Å². The smallest absolute Gasteiger partial charge is 0.222 e. The fraction of sp³-hybridized carbons (Fsp3) is 0.409. The maximum absolute atomic E-state index is 12.5. The fourth-order valence-electron chi connectivity index (χ4n) is 4.43. The Morgan fingerprint density at radius 2 is 1.96 bits per heavy atom. The number of amides is 1. The second-order valence-electron chi connectivity index (χ2n) is 7.78. The number of aromatic nitrogens is 1. The van der Waals surface area contributed by atoms with Crippen LogP contribution in [0.4, 0.5) is 5.82 Å². The van der Waals surface area contributed by atoms with Gasteiger partial charge in [0.1, 0.15) is 11.9 Å². The van der Waals surface area contributed by atoms with Crippen LogP contribution in [0.1, 0.15) is 36.8 Å². The van der Waals surface area contributed by atoms with Gasteiger partial charge in [0.15, 0.2) is 0 Å². The molecule has 2 fully saturated rings. The van der Waals surface area contributed by atoms with Crippen LogP contribution in [-0.4, -0.2) is 35.4 Å². The summed E-state index contributed by atoms with van der Waals surface area (Å²) in [7, 11) is 0. The molecule has 2 aromatic rings. The minimum Gasteiger partial charge on any atom is -0.356 e. The van der Waals surface area contributed by atoms with E-state index in [9.17, 15) is 4.79 Å². The molecular formula is C22H24N4O. The minimum atomic E-state index is 0.135. The van der Waals surface area contributed by atoms with Crippen LogP contribution in [0, 0.1) is 16.7 Å². The molecule has 1 unspecified atom stereocenters. The summed E-state index contributed by atoms with van der Waals surface area (Å²) in [6, 6.07) is 16.1. The summed E-state index contributed by atoms with van der Waals surface area (Å²) in [4.78, 5) is 21.3. The third-order valence-corrected chi connectivity index (χ3v) is 5.83. The molecule has 4 rings (SSSR count). The van der Waals surface area contributed by atoms with Crippen LogP contribution in [0.3, 0.4) is 0 Å². The lowest BCUT2D eigenvalue weighted by atomic mass is 9.73. The fourth-order valence-corrected chi connectivity index (χ4v) is 4.43. The summed E-state index contributed by atoms with van der Waals surface area (Å²) >= 11 is 0. The Morgan fingerprint density at radius 1 is 1.11 bits per heavy atom. The average molecular weight is 360 g/mol. The van der Waals surface area contributed by atoms with E-state index < -0.39 is 0 Å². The summed E-state index contributed by atoms with van der Waals surface area (Å²) < 4.78 is 0. The number of benzene rings is 1. The molecule has 1 amide bonds. The SMILES string of the molecule is N#Cc1ccc(N2CCCC3(CCC(=O)N(Cc4ccccc4)C3)C2)nc1. The molecule has 0 saturated carbocycles. The molecule has 138 valence electrons. The number of carbonyl (C=O) groups excluding carboxylic acids is 1. The van der Waals surface area contributed by atoms with E-state index >= 15 is 0 Å². The lowest BCUT2D eigenvalue weighted by molar-refractivity contribution is -0.138.